The second-order valence-corrected chi connectivity index (χ2v) is 5.27. The molecule has 1 atom stereocenters. The van der Waals surface area contributed by atoms with Crippen LogP contribution in [0, 0.1) is 5.92 Å². The van der Waals surface area contributed by atoms with E-state index in [2.05, 4.69) is 17.3 Å². The molecule has 1 saturated heterocycles. The van der Waals surface area contributed by atoms with E-state index >= 15 is 0 Å². The van der Waals surface area contributed by atoms with Gasteiger partial charge in [-0.05, 0) is 44.1 Å². The highest BCUT2D eigenvalue weighted by Crippen LogP contribution is 2.19. The van der Waals surface area contributed by atoms with Gasteiger partial charge in [-0.3, -0.25) is 4.79 Å². The maximum Gasteiger partial charge on any atom is 0.252 e. The lowest BCUT2D eigenvalue weighted by molar-refractivity contribution is 0.0947. The summed E-state index contributed by atoms with van der Waals surface area (Å²) in [6.45, 7) is 2.84. The number of anilines is 1. The third kappa shape index (κ3) is 5.02. The molecule has 20 heavy (non-hydrogen) atoms. The van der Waals surface area contributed by atoms with Crippen LogP contribution in [0.3, 0.4) is 0 Å². The lowest BCUT2D eigenvalue weighted by Crippen LogP contribution is -2.30. The molecule has 1 aromatic carbocycles. The Morgan fingerprint density at radius 2 is 2.20 bits per heavy atom. The predicted molar refractivity (Wildman–Crippen MR) is 88.3 cm³/mol. The molecule has 0 spiro atoms. The van der Waals surface area contributed by atoms with Crippen molar-refractivity contribution < 1.29 is 4.79 Å². The van der Waals surface area contributed by atoms with E-state index in [1.165, 1.54) is 0 Å². The fourth-order valence-corrected chi connectivity index (χ4v) is 2.52. The van der Waals surface area contributed by atoms with Gasteiger partial charge in [-0.25, -0.2) is 0 Å². The molecule has 0 saturated carbocycles. The Balaban J connectivity index is 0.00000180. The first-order chi connectivity index (χ1) is 8.56. The molecule has 114 valence electrons. The summed E-state index contributed by atoms with van der Waals surface area (Å²) in [5.74, 6) is 0.404. The standard InChI is InChI=1S/C13H18ClN3O.2ClH/c1-17-5-4-9(8-17)7-16-13(18)11-3-2-10(15)6-12(11)14;;/h2-3,6,9H,4-5,7-8,15H2,1H3,(H,16,18);2*1H. The van der Waals surface area contributed by atoms with Crippen molar-refractivity contribution in [2.24, 2.45) is 5.92 Å². The van der Waals surface area contributed by atoms with Crippen LogP contribution in [-0.4, -0.2) is 37.5 Å². The van der Waals surface area contributed by atoms with Crippen LogP contribution in [0.15, 0.2) is 18.2 Å². The Bertz CT molecular complexity index is 456. The molecule has 1 unspecified atom stereocenters. The van der Waals surface area contributed by atoms with E-state index in [9.17, 15) is 4.79 Å². The molecule has 2 rings (SSSR count). The fourth-order valence-electron chi connectivity index (χ4n) is 2.24. The van der Waals surface area contributed by atoms with Crippen LogP contribution in [0.1, 0.15) is 16.8 Å². The lowest BCUT2D eigenvalue weighted by atomic mass is 10.1. The molecule has 1 amide bonds. The molecule has 1 fully saturated rings. The van der Waals surface area contributed by atoms with Crippen molar-refractivity contribution in [1.29, 1.82) is 0 Å². The monoisotopic (exact) mass is 339 g/mol. The summed E-state index contributed by atoms with van der Waals surface area (Å²) < 4.78 is 0. The number of nitrogens with two attached hydrogens (primary N) is 1. The summed E-state index contributed by atoms with van der Waals surface area (Å²) in [5.41, 5.74) is 6.64. The number of nitrogens with zero attached hydrogens (tertiary/aromatic N) is 1. The second kappa shape index (κ2) is 8.57. The number of amides is 1. The van der Waals surface area contributed by atoms with Crippen LogP contribution in [0.25, 0.3) is 0 Å². The van der Waals surface area contributed by atoms with Crippen molar-refractivity contribution in [3.63, 3.8) is 0 Å². The van der Waals surface area contributed by atoms with Gasteiger partial charge in [0, 0.05) is 18.8 Å². The molecule has 0 radical (unpaired) electrons. The van der Waals surface area contributed by atoms with Gasteiger partial charge in [0.1, 0.15) is 0 Å². The van der Waals surface area contributed by atoms with Gasteiger partial charge < -0.3 is 16.0 Å². The fraction of sp³-hybridized carbons (Fsp3) is 0.462. The van der Waals surface area contributed by atoms with Gasteiger partial charge in [-0.2, -0.15) is 0 Å². The minimum atomic E-state index is -0.130. The van der Waals surface area contributed by atoms with Crippen molar-refractivity contribution in [1.82, 2.24) is 10.2 Å². The van der Waals surface area contributed by atoms with Gasteiger partial charge in [-0.15, -0.1) is 24.8 Å². The Hall–Kier alpha value is -0.680. The number of hydrogen-bond donors (Lipinski definition) is 2. The largest absolute Gasteiger partial charge is 0.399 e. The van der Waals surface area contributed by atoms with Crippen LogP contribution in [0.5, 0.6) is 0 Å². The first-order valence-corrected chi connectivity index (χ1v) is 6.46. The van der Waals surface area contributed by atoms with Crippen molar-refractivity contribution in [3.05, 3.63) is 28.8 Å². The van der Waals surface area contributed by atoms with Gasteiger partial charge in [0.2, 0.25) is 0 Å². The van der Waals surface area contributed by atoms with Crippen LogP contribution in [0.2, 0.25) is 5.02 Å². The van der Waals surface area contributed by atoms with Crippen molar-refractivity contribution in [2.45, 2.75) is 6.42 Å². The van der Waals surface area contributed by atoms with Crippen LogP contribution in [0.4, 0.5) is 5.69 Å². The van der Waals surface area contributed by atoms with E-state index < -0.39 is 0 Å². The molecule has 1 aromatic rings. The van der Waals surface area contributed by atoms with E-state index in [0.717, 1.165) is 19.5 Å². The minimum absolute atomic E-state index is 0. The molecular formula is C13H20Cl3N3O. The van der Waals surface area contributed by atoms with E-state index in [-0.39, 0.29) is 30.7 Å². The molecule has 1 aliphatic rings. The Labute approximate surface area is 136 Å². The average Bonchev–Trinajstić information content (AvgIpc) is 2.72. The van der Waals surface area contributed by atoms with Crippen molar-refractivity contribution in [2.75, 3.05) is 32.4 Å². The molecule has 0 bridgehead atoms. The number of carbonyl (C=O) groups excluding carboxylic acids is 1. The Morgan fingerprint density at radius 3 is 2.75 bits per heavy atom. The molecule has 0 aliphatic carbocycles. The second-order valence-electron chi connectivity index (χ2n) is 4.87. The van der Waals surface area contributed by atoms with Crippen molar-refractivity contribution >= 4 is 48.0 Å². The van der Waals surface area contributed by atoms with Gasteiger partial charge in [-0.1, -0.05) is 11.6 Å². The topological polar surface area (TPSA) is 58.4 Å². The summed E-state index contributed by atoms with van der Waals surface area (Å²) in [7, 11) is 2.10. The maximum absolute atomic E-state index is 12.0. The van der Waals surface area contributed by atoms with E-state index in [1.807, 2.05) is 0 Å². The first-order valence-electron chi connectivity index (χ1n) is 6.08. The zero-order valence-corrected chi connectivity index (χ0v) is 13.7. The SMILES string of the molecule is CN1CCC(CNC(=O)c2ccc(N)cc2Cl)C1.Cl.Cl. The molecule has 0 aromatic heterocycles. The number of hydrogen-bond acceptors (Lipinski definition) is 3. The highest BCUT2D eigenvalue weighted by Gasteiger charge is 2.20. The molecule has 3 N–H and O–H groups in total. The molecule has 7 heteroatoms. The number of nitrogen functional groups attached to an aromatic ring is 1. The Morgan fingerprint density at radius 1 is 1.50 bits per heavy atom. The Kier molecular flexibility index (Phi) is 8.28. The molecule has 4 nitrogen and oxygen atoms in total. The predicted octanol–water partition coefficient (Wildman–Crippen LogP) is 2.45. The highest BCUT2D eigenvalue weighted by atomic mass is 35.5. The summed E-state index contributed by atoms with van der Waals surface area (Å²) in [6, 6.07) is 4.94. The van der Waals surface area contributed by atoms with Gasteiger partial charge in [0.15, 0.2) is 0 Å². The number of likely N-dealkylation sites (tertiary alicyclic amines) is 1. The van der Waals surface area contributed by atoms with Gasteiger partial charge in [0.05, 0.1) is 10.6 Å². The summed E-state index contributed by atoms with van der Waals surface area (Å²) in [4.78, 5) is 14.2. The van der Waals surface area contributed by atoms with E-state index in [0.29, 0.717) is 28.7 Å². The van der Waals surface area contributed by atoms with Crippen LogP contribution >= 0.6 is 36.4 Å². The number of halogens is 3. The zero-order chi connectivity index (χ0) is 13.1. The number of nitrogens with one attached hydrogen (secondary N) is 1. The summed E-state index contributed by atoms with van der Waals surface area (Å²) in [6.07, 6.45) is 1.13. The van der Waals surface area contributed by atoms with Crippen LogP contribution in [-0.2, 0) is 0 Å². The lowest BCUT2D eigenvalue weighted by Gasteiger charge is -2.12. The third-order valence-corrected chi connectivity index (χ3v) is 3.59. The highest BCUT2D eigenvalue weighted by molar-refractivity contribution is 6.34. The molecule has 1 heterocycles. The van der Waals surface area contributed by atoms with Gasteiger partial charge >= 0.3 is 0 Å². The van der Waals surface area contributed by atoms with E-state index in [1.54, 1.807) is 18.2 Å². The number of carbonyl (C=O) groups is 1. The summed E-state index contributed by atoms with van der Waals surface area (Å²) >= 11 is 5.99. The quantitative estimate of drug-likeness (QED) is 0.831. The molecule has 1 aliphatic heterocycles. The van der Waals surface area contributed by atoms with Crippen molar-refractivity contribution in [3.8, 4) is 0 Å². The maximum atomic E-state index is 12.0. The van der Waals surface area contributed by atoms with Crippen LogP contribution < -0.4 is 11.1 Å². The number of rotatable bonds is 3. The normalized spacial score (nSPS) is 18.0. The summed E-state index contributed by atoms with van der Waals surface area (Å²) in [5, 5.41) is 3.33. The third-order valence-electron chi connectivity index (χ3n) is 3.28. The first kappa shape index (κ1) is 19.3. The van der Waals surface area contributed by atoms with E-state index in [4.69, 9.17) is 17.3 Å². The molecular weight excluding hydrogens is 321 g/mol. The average molecular weight is 341 g/mol. The smallest absolute Gasteiger partial charge is 0.252 e. The number of benzene rings is 1. The minimum Gasteiger partial charge on any atom is -0.399 e. The zero-order valence-electron chi connectivity index (χ0n) is 11.3. The van der Waals surface area contributed by atoms with Gasteiger partial charge in [0.25, 0.3) is 5.91 Å².